The number of hydrogen-bond acceptors (Lipinski definition) is 2. The Hall–Kier alpha value is -0.940. The summed E-state index contributed by atoms with van der Waals surface area (Å²) in [5.74, 6) is -1.86. The number of hydrogen-bond donors (Lipinski definition) is 2. The zero-order chi connectivity index (χ0) is 11.7. The molecule has 1 saturated heterocycles. The van der Waals surface area contributed by atoms with Gasteiger partial charge >= 0.3 is 5.97 Å². The molecule has 3 nitrogen and oxygen atoms in total. The third kappa shape index (κ3) is 1.97. The van der Waals surface area contributed by atoms with Crippen LogP contribution < -0.4 is 5.32 Å². The fourth-order valence-corrected chi connectivity index (χ4v) is 2.63. The summed E-state index contributed by atoms with van der Waals surface area (Å²) in [6.07, 6.45) is 0. The molecule has 0 amide bonds. The summed E-state index contributed by atoms with van der Waals surface area (Å²) in [5, 5.41) is 12.1. The summed E-state index contributed by atoms with van der Waals surface area (Å²) in [7, 11) is 0. The Morgan fingerprint density at radius 1 is 1.50 bits per heavy atom. The number of nitrogens with one attached hydrogen (secondary N) is 1. The first-order valence-corrected chi connectivity index (χ1v) is 5.78. The molecule has 0 saturated carbocycles. The Morgan fingerprint density at radius 3 is 2.94 bits per heavy atom. The van der Waals surface area contributed by atoms with Crippen molar-refractivity contribution >= 4 is 21.9 Å². The highest BCUT2D eigenvalue weighted by Gasteiger charge is 2.35. The quantitative estimate of drug-likeness (QED) is 0.875. The first-order chi connectivity index (χ1) is 7.61. The highest BCUT2D eigenvalue weighted by molar-refractivity contribution is 9.10. The molecule has 2 unspecified atom stereocenters. The highest BCUT2D eigenvalue weighted by Crippen LogP contribution is 2.34. The van der Waals surface area contributed by atoms with Crippen LogP contribution in [0, 0.1) is 11.7 Å². The molecule has 1 heterocycles. The molecule has 0 bridgehead atoms. The Bertz CT molecular complexity index is 424. The molecule has 0 radical (unpaired) electrons. The second-order valence-electron chi connectivity index (χ2n) is 3.85. The fourth-order valence-electron chi connectivity index (χ4n) is 2.07. The number of benzene rings is 1. The summed E-state index contributed by atoms with van der Waals surface area (Å²) in [6, 6.07) is 4.72. The van der Waals surface area contributed by atoms with Crippen LogP contribution in [-0.4, -0.2) is 24.2 Å². The lowest BCUT2D eigenvalue weighted by molar-refractivity contribution is -0.141. The summed E-state index contributed by atoms with van der Waals surface area (Å²) >= 11 is 3.17. The Morgan fingerprint density at radius 2 is 2.25 bits per heavy atom. The van der Waals surface area contributed by atoms with Gasteiger partial charge in [-0.3, -0.25) is 4.79 Å². The Labute approximate surface area is 101 Å². The maximum absolute atomic E-state index is 13.3. The van der Waals surface area contributed by atoms with Gasteiger partial charge in [0.1, 0.15) is 5.82 Å². The van der Waals surface area contributed by atoms with Crippen LogP contribution >= 0.6 is 15.9 Å². The first-order valence-electron chi connectivity index (χ1n) is 4.98. The average Bonchev–Trinajstić information content (AvgIpc) is 2.70. The van der Waals surface area contributed by atoms with Crippen molar-refractivity contribution in [2.75, 3.05) is 13.1 Å². The maximum Gasteiger partial charge on any atom is 0.308 e. The third-order valence-electron chi connectivity index (χ3n) is 2.91. The molecular formula is C11H11BrFNO2. The molecular weight excluding hydrogens is 277 g/mol. The molecule has 2 atom stereocenters. The van der Waals surface area contributed by atoms with Crippen LogP contribution in [0.15, 0.2) is 22.7 Å². The monoisotopic (exact) mass is 287 g/mol. The van der Waals surface area contributed by atoms with E-state index < -0.39 is 11.9 Å². The highest BCUT2D eigenvalue weighted by atomic mass is 79.9. The molecule has 1 aliphatic heterocycles. The molecule has 1 fully saturated rings. The lowest BCUT2D eigenvalue weighted by Gasteiger charge is -2.16. The van der Waals surface area contributed by atoms with Crippen LogP contribution in [0.1, 0.15) is 11.5 Å². The molecule has 0 spiro atoms. The van der Waals surface area contributed by atoms with E-state index in [0.29, 0.717) is 17.6 Å². The predicted octanol–water partition coefficient (Wildman–Crippen LogP) is 1.98. The van der Waals surface area contributed by atoms with Gasteiger partial charge in [-0.2, -0.15) is 0 Å². The largest absolute Gasteiger partial charge is 0.481 e. The molecule has 1 aliphatic rings. The van der Waals surface area contributed by atoms with Crippen LogP contribution in [0.25, 0.3) is 0 Å². The summed E-state index contributed by atoms with van der Waals surface area (Å²) < 4.78 is 13.7. The minimum absolute atomic E-state index is 0.178. The van der Waals surface area contributed by atoms with Gasteiger partial charge in [0.2, 0.25) is 0 Å². The van der Waals surface area contributed by atoms with Crippen molar-refractivity contribution in [1.29, 1.82) is 0 Å². The molecule has 86 valence electrons. The fraction of sp³-hybridized carbons (Fsp3) is 0.364. The molecule has 1 aromatic carbocycles. The topological polar surface area (TPSA) is 49.3 Å². The number of carboxylic acids is 1. The maximum atomic E-state index is 13.3. The van der Waals surface area contributed by atoms with Crippen LogP contribution in [0.3, 0.4) is 0 Å². The molecule has 2 rings (SSSR count). The summed E-state index contributed by atoms with van der Waals surface area (Å²) in [5.41, 5.74) is 0.720. The van der Waals surface area contributed by atoms with E-state index in [9.17, 15) is 9.18 Å². The number of aliphatic carboxylic acids is 1. The van der Waals surface area contributed by atoms with Gasteiger partial charge in [-0.1, -0.05) is 12.1 Å². The lowest BCUT2D eigenvalue weighted by atomic mass is 9.89. The molecule has 5 heteroatoms. The van der Waals surface area contributed by atoms with Crippen LogP contribution in [0.4, 0.5) is 4.39 Å². The van der Waals surface area contributed by atoms with E-state index in [1.54, 1.807) is 12.1 Å². The Kier molecular flexibility index (Phi) is 3.25. The zero-order valence-corrected chi connectivity index (χ0v) is 10.00. The van der Waals surface area contributed by atoms with Crippen molar-refractivity contribution in [3.8, 4) is 0 Å². The van der Waals surface area contributed by atoms with Crippen molar-refractivity contribution in [2.45, 2.75) is 5.92 Å². The van der Waals surface area contributed by atoms with Gasteiger partial charge in [0.05, 0.1) is 10.4 Å². The van der Waals surface area contributed by atoms with Gasteiger partial charge in [0.25, 0.3) is 0 Å². The number of rotatable bonds is 2. The van der Waals surface area contributed by atoms with Crippen LogP contribution in [0.2, 0.25) is 0 Å². The lowest BCUT2D eigenvalue weighted by Crippen LogP contribution is -2.21. The first kappa shape index (κ1) is 11.5. The van der Waals surface area contributed by atoms with Crippen molar-refractivity contribution in [3.63, 3.8) is 0 Å². The Balaban J connectivity index is 2.36. The predicted molar refractivity (Wildman–Crippen MR) is 60.8 cm³/mol. The van der Waals surface area contributed by atoms with Gasteiger partial charge in [0.15, 0.2) is 0 Å². The van der Waals surface area contributed by atoms with Crippen molar-refractivity contribution < 1.29 is 14.3 Å². The van der Waals surface area contributed by atoms with Gasteiger partial charge in [-0.05, 0) is 27.6 Å². The molecule has 0 aliphatic carbocycles. The van der Waals surface area contributed by atoms with Crippen molar-refractivity contribution in [3.05, 3.63) is 34.1 Å². The number of carboxylic acid groups (broad SMARTS) is 1. The number of halogens is 2. The standard InChI is InChI=1S/C11H11BrFNO2/c12-10-6(2-1-3-9(10)13)7-4-14-5-8(7)11(15)16/h1-3,7-8,14H,4-5H2,(H,15,16). The van der Waals surface area contributed by atoms with E-state index in [1.165, 1.54) is 6.07 Å². The minimum atomic E-state index is -0.842. The average molecular weight is 288 g/mol. The van der Waals surface area contributed by atoms with Gasteiger partial charge in [0, 0.05) is 19.0 Å². The van der Waals surface area contributed by atoms with E-state index in [4.69, 9.17) is 5.11 Å². The molecule has 1 aromatic rings. The van der Waals surface area contributed by atoms with E-state index >= 15 is 0 Å². The SMILES string of the molecule is O=C(O)C1CNCC1c1cccc(F)c1Br. The summed E-state index contributed by atoms with van der Waals surface area (Å²) in [6.45, 7) is 1.00. The normalized spacial score (nSPS) is 24.6. The van der Waals surface area contributed by atoms with E-state index in [2.05, 4.69) is 21.2 Å². The third-order valence-corrected chi connectivity index (χ3v) is 3.75. The van der Waals surface area contributed by atoms with E-state index in [0.717, 1.165) is 5.56 Å². The number of carbonyl (C=O) groups is 1. The van der Waals surface area contributed by atoms with Gasteiger partial charge in [-0.15, -0.1) is 0 Å². The second kappa shape index (κ2) is 4.51. The van der Waals surface area contributed by atoms with E-state index in [-0.39, 0.29) is 11.7 Å². The van der Waals surface area contributed by atoms with Crippen molar-refractivity contribution in [1.82, 2.24) is 5.32 Å². The minimum Gasteiger partial charge on any atom is -0.481 e. The second-order valence-corrected chi connectivity index (χ2v) is 4.65. The molecule has 16 heavy (non-hydrogen) atoms. The van der Waals surface area contributed by atoms with Crippen LogP contribution in [-0.2, 0) is 4.79 Å². The summed E-state index contributed by atoms with van der Waals surface area (Å²) in [4.78, 5) is 11.0. The van der Waals surface area contributed by atoms with Crippen LogP contribution in [0.5, 0.6) is 0 Å². The zero-order valence-electron chi connectivity index (χ0n) is 8.41. The van der Waals surface area contributed by atoms with Gasteiger partial charge < -0.3 is 10.4 Å². The van der Waals surface area contributed by atoms with E-state index in [1.807, 2.05) is 0 Å². The van der Waals surface area contributed by atoms with Crippen molar-refractivity contribution in [2.24, 2.45) is 5.92 Å². The van der Waals surface area contributed by atoms with Gasteiger partial charge in [-0.25, -0.2) is 4.39 Å². The molecule has 2 N–H and O–H groups in total. The molecule has 0 aromatic heterocycles. The smallest absolute Gasteiger partial charge is 0.308 e.